The van der Waals surface area contributed by atoms with E-state index in [4.69, 9.17) is 4.74 Å². The van der Waals surface area contributed by atoms with Gasteiger partial charge < -0.3 is 9.64 Å². The molecule has 1 aromatic heterocycles. The monoisotopic (exact) mass is 345 g/mol. The van der Waals surface area contributed by atoms with Crippen LogP contribution >= 0.6 is 11.3 Å². The van der Waals surface area contributed by atoms with Crippen molar-refractivity contribution in [3.05, 3.63) is 56.3 Å². The van der Waals surface area contributed by atoms with E-state index in [1.54, 1.807) is 29.4 Å². The van der Waals surface area contributed by atoms with Gasteiger partial charge in [-0.05, 0) is 44.9 Å². The molecular formula is C19H23NO3S. The molecule has 5 heteroatoms. The number of thiophene rings is 1. The zero-order valence-electron chi connectivity index (χ0n) is 14.8. The molecule has 128 valence electrons. The van der Waals surface area contributed by atoms with Crippen LogP contribution in [0.15, 0.2) is 24.3 Å². The van der Waals surface area contributed by atoms with Gasteiger partial charge in [-0.2, -0.15) is 0 Å². The molecule has 0 saturated carbocycles. The van der Waals surface area contributed by atoms with Gasteiger partial charge in [-0.1, -0.05) is 23.8 Å². The minimum atomic E-state index is -0.440. The van der Waals surface area contributed by atoms with Crippen LogP contribution in [0.3, 0.4) is 0 Å². The van der Waals surface area contributed by atoms with Gasteiger partial charge in [0, 0.05) is 23.3 Å². The maximum absolute atomic E-state index is 12.2. The maximum Gasteiger partial charge on any atom is 0.339 e. The number of carbonyl (C=O) groups is 2. The van der Waals surface area contributed by atoms with Crippen LogP contribution in [-0.2, 0) is 16.1 Å². The van der Waals surface area contributed by atoms with Gasteiger partial charge in [-0.3, -0.25) is 4.79 Å². The fourth-order valence-corrected chi connectivity index (χ4v) is 3.43. The topological polar surface area (TPSA) is 46.6 Å². The average Bonchev–Trinajstić information content (AvgIpc) is 2.85. The largest absolute Gasteiger partial charge is 0.452 e. The number of rotatable bonds is 5. The van der Waals surface area contributed by atoms with Crippen molar-refractivity contribution in [3.8, 4) is 0 Å². The zero-order valence-corrected chi connectivity index (χ0v) is 15.6. The molecule has 1 amide bonds. The molecule has 1 aromatic carbocycles. The molecule has 2 aromatic rings. The number of esters is 1. The van der Waals surface area contributed by atoms with Crippen LogP contribution in [0.4, 0.5) is 0 Å². The first kappa shape index (κ1) is 18.2. The normalized spacial score (nSPS) is 10.5. The third-order valence-corrected chi connectivity index (χ3v) is 4.88. The Morgan fingerprint density at radius 1 is 1.12 bits per heavy atom. The molecule has 4 nitrogen and oxygen atoms in total. The summed E-state index contributed by atoms with van der Waals surface area (Å²) in [5, 5.41) is 0. The summed E-state index contributed by atoms with van der Waals surface area (Å²) in [6, 6.07) is 7.95. The number of hydrogen-bond donors (Lipinski definition) is 0. The molecule has 2 rings (SSSR count). The molecule has 0 fully saturated rings. The van der Waals surface area contributed by atoms with Crippen molar-refractivity contribution >= 4 is 23.2 Å². The summed E-state index contributed by atoms with van der Waals surface area (Å²) >= 11 is 1.55. The maximum atomic E-state index is 12.2. The van der Waals surface area contributed by atoms with Gasteiger partial charge >= 0.3 is 5.97 Å². The van der Waals surface area contributed by atoms with E-state index in [0.717, 1.165) is 20.9 Å². The number of hydrogen-bond acceptors (Lipinski definition) is 4. The second-order valence-electron chi connectivity index (χ2n) is 6.08. The summed E-state index contributed by atoms with van der Waals surface area (Å²) < 4.78 is 5.17. The number of aryl methyl sites for hydroxylation is 4. The van der Waals surface area contributed by atoms with Gasteiger partial charge in [0.05, 0.1) is 5.56 Å². The van der Waals surface area contributed by atoms with E-state index in [0.29, 0.717) is 12.1 Å². The van der Waals surface area contributed by atoms with Crippen molar-refractivity contribution in [1.29, 1.82) is 0 Å². The van der Waals surface area contributed by atoms with Crippen LogP contribution in [-0.4, -0.2) is 30.4 Å². The van der Waals surface area contributed by atoms with Crippen molar-refractivity contribution in [2.45, 2.75) is 34.2 Å². The number of benzene rings is 1. The van der Waals surface area contributed by atoms with Crippen LogP contribution in [0.2, 0.25) is 0 Å². The summed E-state index contributed by atoms with van der Waals surface area (Å²) in [5.41, 5.74) is 3.98. The van der Waals surface area contributed by atoms with Crippen molar-refractivity contribution in [2.24, 2.45) is 0 Å². The Morgan fingerprint density at radius 3 is 2.42 bits per heavy atom. The van der Waals surface area contributed by atoms with Crippen molar-refractivity contribution in [3.63, 3.8) is 0 Å². The summed E-state index contributed by atoms with van der Waals surface area (Å²) in [4.78, 5) is 27.8. The van der Waals surface area contributed by atoms with Gasteiger partial charge in [-0.15, -0.1) is 11.3 Å². The molecule has 0 aliphatic heterocycles. The number of carbonyl (C=O) groups excluding carboxylic acids is 2. The lowest BCUT2D eigenvalue weighted by atomic mass is 10.1. The van der Waals surface area contributed by atoms with Crippen LogP contribution in [0.1, 0.15) is 36.8 Å². The van der Waals surface area contributed by atoms with Gasteiger partial charge in [0.15, 0.2) is 6.61 Å². The third kappa shape index (κ3) is 4.45. The van der Waals surface area contributed by atoms with Crippen molar-refractivity contribution in [2.75, 3.05) is 13.7 Å². The summed E-state index contributed by atoms with van der Waals surface area (Å²) in [5.74, 6) is -0.655. The van der Waals surface area contributed by atoms with E-state index in [1.165, 1.54) is 5.56 Å². The van der Waals surface area contributed by atoms with E-state index < -0.39 is 5.97 Å². The molecule has 0 atom stereocenters. The van der Waals surface area contributed by atoms with E-state index in [1.807, 2.05) is 39.8 Å². The third-order valence-electron chi connectivity index (χ3n) is 3.92. The second-order valence-corrected chi connectivity index (χ2v) is 7.54. The lowest BCUT2D eigenvalue weighted by Crippen LogP contribution is -2.31. The summed E-state index contributed by atoms with van der Waals surface area (Å²) in [6.45, 7) is 8.15. The molecule has 0 aliphatic rings. The van der Waals surface area contributed by atoms with Crippen LogP contribution in [0, 0.1) is 27.7 Å². The van der Waals surface area contributed by atoms with Gasteiger partial charge in [0.2, 0.25) is 0 Å². The fourth-order valence-electron chi connectivity index (χ4n) is 2.52. The molecule has 0 bridgehead atoms. The molecule has 0 aliphatic carbocycles. The lowest BCUT2D eigenvalue weighted by Gasteiger charge is -2.18. The Labute approximate surface area is 147 Å². The predicted octanol–water partition coefficient (Wildman–Crippen LogP) is 3.80. The highest BCUT2D eigenvalue weighted by molar-refractivity contribution is 7.12. The Balaban J connectivity index is 1.92. The van der Waals surface area contributed by atoms with Crippen molar-refractivity contribution < 1.29 is 14.3 Å². The lowest BCUT2D eigenvalue weighted by molar-refractivity contribution is -0.133. The Bertz CT molecular complexity index is 764. The quantitative estimate of drug-likeness (QED) is 0.775. The van der Waals surface area contributed by atoms with E-state index in [-0.39, 0.29) is 12.5 Å². The summed E-state index contributed by atoms with van der Waals surface area (Å²) in [7, 11) is 1.72. The smallest absolute Gasteiger partial charge is 0.339 e. The molecule has 0 unspecified atom stereocenters. The first-order valence-electron chi connectivity index (χ1n) is 7.82. The number of amides is 1. The van der Waals surface area contributed by atoms with Gasteiger partial charge in [0.1, 0.15) is 0 Å². The van der Waals surface area contributed by atoms with Crippen LogP contribution in [0.5, 0.6) is 0 Å². The molecule has 1 heterocycles. The first-order chi connectivity index (χ1) is 11.3. The average molecular weight is 345 g/mol. The van der Waals surface area contributed by atoms with E-state index in [2.05, 4.69) is 6.07 Å². The Morgan fingerprint density at radius 2 is 1.83 bits per heavy atom. The van der Waals surface area contributed by atoms with Crippen molar-refractivity contribution in [1.82, 2.24) is 4.90 Å². The highest BCUT2D eigenvalue weighted by atomic mass is 32.1. The minimum absolute atomic E-state index is 0.215. The highest BCUT2D eigenvalue weighted by Crippen LogP contribution is 2.21. The fraction of sp³-hybridized carbons (Fsp3) is 0.368. The second kappa shape index (κ2) is 7.62. The molecule has 0 saturated heterocycles. The first-order valence-corrected chi connectivity index (χ1v) is 8.64. The molecule has 0 radical (unpaired) electrons. The Kier molecular flexibility index (Phi) is 5.78. The van der Waals surface area contributed by atoms with Gasteiger partial charge in [0.25, 0.3) is 5.91 Å². The Hall–Kier alpha value is -2.14. The number of ether oxygens (including phenoxy) is 1. The number of likely N-dealkylation sites (N-methyl/N-ethyl adjacent to an activating group) is 1. The predicted molar refractivity (Wildman–Crippen MR) is 96.5 cm³/mol. The van der Waals surface area contributed by atoms with Gasteiger partial charge in [-0.25, -0.2) is 4.79 Å². The van der Waals surface area contributed by atoms with Crippen LogP contribution in [0.25, 0.3) is 0 Å². The van der Waals surface area contributed by atoms with Crippen LogP contribution < -0.4 is 0 Å². The van der Waals surface area contributed by atoms with E-state index >= 15 is 0 Å². The summed E-state index contributed by atoms with van der Waals surface area (Å²) in [6.07, 6.45) is 0. The highest BCUT2D eigenvalue weighted by Gasteiger charge is 2.17. The molecular weight excluding hydrogens is 322 g/mol. The zero-order chi connectivity index (χ0) is 17.9. The number of nitrogens with zero attached hydrogens (tertiary/aromatic N) is 1. The molecule has 0 spiro atoms. The minimum Gasteiger partial charge on any atom is -0.452 e. The standard InChI is InChI=1S/C19H23NO3S/c1-12-6-7-16(13(2)8-12)10-20(5)18(21)11-23-19(22)17-9-14(3)24-15(17)4/h6-9H,10-11H2,1-5H3. The molecule has 24 heavy (non-hydrogen) atoms. The molecule has 0 N–H and O–H groups in total. The van der Waals surface area contributed by atoms with E-state index in [9.17, 15) is 9.59 Å². The SMILES string of the molecule is Cc1ccc(CN(C)C(=O)COC(=O)c2cc(C)sc2C)c(C)c1.